The summed E-state index contributed by atoms with van der Waals surface area (Å²) in [5.74, 6) is -0.483. The van der Waals surface area contributed by atoms with E-state index in [9.17, 15) is 15.0 Å². The normalized spacial score (nSPS) is 18.5. The van der Waals surface area contributed by atoms with Crippen molar-refractivity contribution in [1.82, 2.24) is 0 Å². The lowest BCUT2D eigenvalue weighted by Gasteiger charge is -2.24. The van der Waals surface area contributed by atoms with Gasteiger partial charge >= 0.3 is 0 Å². The largest absolute Gasteiger partial charge is 0.548 e. The van der Waals surface area contributed by atoms with E-state index >= 15 is 0 Å². The topological polar surface area (TPSA) is 141 Å². The molecule has 0 heterocycles. The molecule has 3 rings (SSSR count). The Kier molecular flexibility index (Phi) is 8.53. The molecule has 0 amide bonds. The van der Waals surface area contributed by atoms with Gasteiger partial charge in [-0.15, -0.1) is 12.4 Å². The fraction of sp³-hybridized carbons (Fsp3) is 0.364. The summed E-state index contributed by atoms with van der Waals surface area (Å²) in [4.78, 5) is 11.9. The molecule has 1 fully saturated rings. The molecule has 9 heteroatoms. The van der Waals surface area contributed by atoms with Crippen LogP contribution >= 0.6 is 12.4 Å². The van der Waals surface area contributed by atoms with Crippen LogP contribution in [0.15, 0.2) is 42.5 Å². The molecule has 8 nitrogen and oxygen atoms in total. The first-order valence-electron chi connectivity index (χ1n) is 9.91. The Morgan fingerprint density at radius 1 is 1.26 bits per heavy atom. The maximum Gasteiger partial charge on any atom is 0.124 e. The molecule has 0 aliphatic heterocycles. The summed E-state index contributed by atoms with van der Waals surface area (Å²) in [5, 5.41) is 32.3. The number of anilines is 1. The van der Waals surface area contributed by atoms with E-state index in [1.807, 2.05) is 6.92 Å². The molecule has 0 radical (unpaired) electrons. The number of aliphatic hydroxyl groups excluding tert-OH is 1. The van der Waals surface area contributed by atoms with Gasteiger partial charge in [0.1, 0.15) is 23.4 Å². The molecule has 1 saturated carbocycles. The average Bonchev–Trinajstić information content (AvgIpc) is 3.10. The molecular weight excluding hydrogens is 422 g/mol. The molecule has 5 N–H and O–H groups in total. The number of benzene rings is 2. The monoisotopic (exact) mass is 448 g/mol. The highest BCUT2D eigenvalue weighted by molar-refractivity contribution is 5.95. The van der Waals surface area contributed by atoms with Crippen molar-refractivity contribution in [3.63, 3.8) is 0 Å². The van der Waals surface area contributed by atoms with Crippen molar-refractivity contribution in [3.8, 4) is 11.5 Å². The maximum atomic E-state index is 11.9. The highest BCUT2D eigenvalue weighted by atomic mass is 35.5. The molecular formula is C22H27ClN3O5-. The van der Waals surface area contributed by atoms with Crippen LogP contribution in [0.4, 0.5) is 5.69 Å². The van der Waals surface area contributed by atoms with Gasteiger partial charge in [-0.2, -0.15) is 0 Å². The number of rotatable bonds is 9. The Balaban J connectivity index is 0.00000341. The zero-order valence-electron chi connectivity index (χ0n) is 17.2. The molecule has 0 spiro atoms. The molecule has 168 valence electrons. The Morgan fingerprint density at radius 2 is 1.94 bits per heavy atom. The number of amidine groups is 1. The highest BCUT2D eigenvalue weighted by Crippen LogP contribution is 2.32. The van der Waals surface area contributed by atoms with Crippen LogP contribution in [0.5, 0.6) is 11.5 Å². The van der Waals surface area contributed by atoms with E-state index in [2.05, 4.69) is 5.32 Å². The lowest BCUT2D eigenvalue weighted by atomic mass is 10.0. The van der Waals surface area contributed by atoms with Crippen molar-refractivity contribution in [1.29, 1.82) is 5.41 Å². The van der Waals surface area contributed by atoms with Crippen LogP contribution < -0.4 is 25.6 Å². The Bertz CT molecular complexity index is 907. The number of hydrogen-bond donors (Lipinski definition) is 4. The third-order valence-corrected chi connectivity index (χ3v) is 4.99. The number of hydrogen-bond acceptors (Lipinski definition) is 7. The smallest absolute Gasteiger partial charge is 0.124 e. The van der Waals surface area contributed by atoms with Gasteiger partial charge in [0.15, 0.2) is 0 Å². The number of aliphatic hydroxyl groups is 1. The fourth-order valence-corrected chi connectivity index (χ4v) is 3.49. The first-order chi connectivity index (χ1) is 14.4. The molecule has 0 aromatic heterocycles. The van der Waals surface area contributed by atoms with E-state index in [1.165, 1.54) is 0 Å². The third kappa shape index (κ3) is 6.26. The van der Waals surface area contributed by atoms with Gasteiger partial charge in [-0.1, -0.05) is 0 Å². The summed E-state index contributed by atoms with van der Waals surface area (Å²) in [6, 6.07) is 10.3. The van der Waals surface area contributed by atoms with Crippen molar-refractivity contribution in [2.24, 2.45) is 5.73 Å². The summed E-state index contributed by atoms with van der Waals surface area (Å²) in [6.07, 6.45) is 1.42. The minimum absolute atomic E-state index is 0. The summed E-state index contributed by atoms with van der Waals surface area (Å²) in [5.41, 5.74) is 6.93. The number of halogens is 1. The van der Waals surface area contributed by atoms with E-state index in [4.69, 9.17) is 20.6 Å². The molecule has 3 unspecified atom stereocenters. The van der Waals surface area contributed by atoms with Crippen molar-refractivity contribution < 1.29 is 24.5 Å². The van der Waals surface area contributed by atoms with Crippen LogP contribution in [0.3, 0.4) is 0 Å². The van der Waals surface area contributed by atoms with Crippen LogP contribution in [0.1, 0.15) is 43.4 Å². The highest BCUT2D eigenvalue weighted by Gasteiger charge is 2.27. The first-order valence-corrected chi connectivity index (χ1v) is 9.91. The van der Waals surface area contributed by atoms with Crippen molar-refractivity contribution >= 4 is 29.9 Å². The molecule has 1 aliphatic rings. The SMILES string of the molecule is CCOc1cc(OC2CCCC2O)cc(C(Nc2ccc(C(=N)N)cc2)C(=O)[O-])c1.Cl. The number of carboxylic acid groups (broad SMARTS) is 1. The van der Waals surface area contributed by atoms with Gasteiger partial charge < -0.3 is 35.5 Å². The van der Waals surface area contributed by atoms with Gasteiger partial charge in [0.05, 0.1) is 24.7 Å². The molecule has 3 atom stereocenters. The third-order valence-electron chi connectivity index (χ3n) is 4.99. The molecule has 2 aromatic rings. The lowest BCUT2D eigenvalue weighted by Crippen LogP contribution is -2.34. The van der Waals surface area contributed by atoms with Crippen molar-refractivity contribution in [3.05, 3.63) is 53.6 Å². The quantitative estimate of drug-likeness (QED) is 0.339. The number of carbonyl (C=O) groups excluding carboxylic acids is 1. The van der Waals surface area contributed by atoms with Gasteiger partial charge in [0.2, 0.25) is 0 Å². The van der Waals surface area contributed by atoms with Crippen molar-refractivity contribution in [2.45, 2.75) is 44.4 Å². The van der Waals surface area contributed by atoms with Crippen LogP contribution in [0.2, 0.25) is 0 Å². The number of carbonyl (C=O) groups is 1. The summed E-state index contributed by atoms with van der Waals surface area (Å²) in [6.45, 7) is 2.24. The number of nitrogens with one attached hydrogen (secondary N) is 2. The number of ether oxygens (including phenoxy) is 2. The second-order valence-corrected chi connectivity index (χ2v) is 7.21. The summed E-state index contributed by atoms with van der Waals surface area (Å²) < 4.78 is 11.5. The van der Waals surface area contributed by atoms with Gasteiger partial charge in [-0.05, 0) is 68.1 Å². The number of nitrogens with two attached hydrogens (primary N) is 1. The van der Waals surface area contributed by atoms with E-state index in [-0.39, 0.29) is 24.3 Å². The number of carboxylic acids is 1. The second-order valence-electron chi connectivity index (χ2n) is 7.21. The maximum absolute atomic E-state index is 11.9. The number of aliphatic carboxylic acids is 1. The van der Waals surface area contributed by atoms with Gasteiger partial charge in [0, 0.05) is 17.3 Å². The zero-order valence-corrected chi connectivity index (χ0v) is 18.0. The molecule has 1 aliphatic carbocycles. The van der Waals surface area contributed by atoms with Gasteiger partial charge in [0.25, 0.3) is 0 Å². The van der Waals surface area contributed by atoms with E-state index in [0.29, 0.717) is 41.3 Å². The van der Waals surface area contributed by atoms with Gasteiger partial charge in [-0.25, -0.2) is 0 Å². The van der Waals surface area contributed by atoms with E-state index in [1.54, 1.807) is 42.5 Å². The lowest BCUT2D eigenvalue weighted by molar-refractivity contribution is -0.307. The van der Waals surface area contributed by atoms with E-state index in [0.717, 1.165) is 12.8 Å². The minimum Gasteiger partial charge on any atom is -0.548 e. The standard InChI is InChI=1S/C22H27N3O5.ClH/c1-2-29-16-10-14(11-17(12-16)30-19-5-3-4-18(19)26)20(22(27)28)25-15-8-6-13(7-9-15)21(23)24;/h6-12,18-20,25-26H,2-5H2,1H3,(H3,23,24)(H,27,28);1H/p-1. The Morgan fingerprint density at radius 3 is 2.48 bits per heavy atom. The predicted octanol–water partition coefficient (Wildman–Crippen LogP) is 1.99. The van der Waals surface area contributed by atoms with Crippen LogP contribution in [-0.4, -0.2) is 35.7 Å². The number of nitrogen functional groups attached to an aromatic ring is 1. The van der Waals surface area contributed by atoms with Crippen molar-refractivity contribution in [2.75, 3.05) is 11.9 Å². The fourth-order valence-electron chi connectivity index (χ4n) is 3.49. The molecule has 0 bridgehead atoms. The van der Waals surface area contributed by atoms with E-state index < -0.39 is 18.1 Å². The minimum atomic E-state index is -1.31. The first kappa shape index (κ1) is 24.3. The second kappa shape index (κ2) is 10.9. The molecule has 0 saturated heterocycles. The summed E-state index contributed by atoms with van der Waals surface area (Å²) >= 11 is 0. The van der Waals surface area contributed by atoms with Crippen LogP contribution in [-0.2, 0) is 4.79 Å². The Hall–Kier alpha value is -2.97. The molecule has 2 aromatic carbocycles. The predicted molar refractivity (Wildman–Crippen MR) is 118 cm³/mol. The van der Waals surface area contributed by atoms with Gasteiger partial charge in [-0.3, -0.25) is 5.41 Å². The molecule has 31 heavy (non-hydrogen) atoms. The van der Waals surface area contributed by atoms with Crippen LogP contribution in [0.25, 0.3) is 0 Å². The average molecular weight is 449 g/mol. The van der Waals surface area contributed by atoms with Crippen LogP contribution in [0, 0.1) is 5.41 Å². The summed E-state index contributed by atoms with van der Waals surface area (Å²) in [7, 11) is 0. The Labute approximate surface area is 187 Å². The zero-order chi connectivity index (χ0) is 21.7.